The van der Waals surface area contributed by atoms with Gasteiger partial charge in [0.1, 0.15) is 0 Å². The predicted octanol–water partition coefficient (Wildman–Crippen LogP) is 3.85. The van der Waals surface area contributed by atoms with Crippen molar-refractivity contribution in [3.05, 3.63) is 39.3 Å². The molecule has 2 aromatic heterocycles. The third-order valence-electron chi connectivity index (χ3n) is 3.03. The molecule has 0 spiro atoms. The smallest absolute Gasteiger partial charge is 0.0938 e. The van der Waals surface area contributed by atoms with E-state index in [-0.39, 0.29) is 0 Å². The molecule has 0 bridgehead atoms. The van der Waals surface area contributed by atoms with Crippen molar-refractivity contribution in [2.75, 3.05) is 0 Å². The molecule has 2 heterocycles. The first kappa shape index (κ1) is 13.6. The summed E-state index contributed by atoms with van der Waals surface area (Å²) in [5, 5.41) is 14.6. The van der Waals surface area contributed by atoms with Crippen LogP contribution < -0.4 is 0 Å². The third kappa shape index (κ3) is 3.13. The van der Waals surface area contributed by atoms with Gasteiger partial charge in [-0.1, -0.05) is 18.5 Å². The van der Waals surface area contributed by atoms with Crippen LogP contribution >= 0.6 is 22.9 Å². The Morgan fingerprint density at radius 1 is 1.44 bits per heavy atom. The minimum Gasteiger partial charge on any atom is -0.387 e. The van der Waals surface area contributed by atoms with Crippen molar-refractivity contribution >= 4 is 22.9 Å². The van der Waals surface area contributed by atoms with E-state index in [1.54, 1.807) is 0 Å². The lowest BCUT2D eigenvalue weighted by Gasteiger charge is -2.09. The van der Waals surface area contributed by atoms with E-state index in [9.17, 15) is 5.11 Å². The van der Waals surface area contributed by atoms with Crippen LogP contribution in [0.3, 0.4) is 0 Å². The van der Waals surface area contributed by atoms with Crippen molar-refractivity contribution in [1.82, 2.24) is 9.78 Å². The van der Waals surface area contributed by atoms with Crippen LogP contribution in [0, 0.1) is 0 Å². The molecule has 3 nitrogen and oxygen atoms in total. The summed E-state index contributed by atoms with van der Waals surface area (Å²) in [4.78, 5) is 0.887. The van der Waals surface area contributed by atoms with Crippen molar-refractivity contribution in [2.45, 2.75) is 38.8 Å². The Kier molecular flexibility index (Phi) is 4.43. The SMILES string of the molecule is CCC(C)n1ccc(CC(O)c2ccc(Cl)s2)n1. The molecule has 0 saturated carbocycles. The van der Waals surface area contributed by atoms with Gasteiger partial charge in [0.2, 0.25) is 0 Å². The van der Waals surface area contributed by atoms with Crippen LogP contribution in [0.5, 0.6) is 0 Å². The lowest BCUT2D eigenvalue weighted by molar-refractivity contribution is 0.180. The number of hydrogen-bond donors (Lipinski definition) is 1. The Morgan fingerprint density at radius 3 is 2.83 bits per heavy atom. The number of hydrogen-bond acceptors (Lipinski definition) is 3. The maximum absolute atomic E-state index is 10.1. The van der Waals surface area contributed by atoms with Crippen molar-refractivity contribution in [3.63, 3.8) is 0 Å². The van der Waals surface area contributed by atoms with Crippen LogP contribution in [-0.2, 0) is 6.42 Å². The Morgan fingerprint density at radius 2 is 2.22 bits per heavy atom. The van der Waals surface area contributed by atoms with Crippen LogP contribution in [-0.4, -0.2) is 14.9 Å². The molecule has 1 N–H and O–H groups in total. The standard InChI is InChI=1S/C13H17ClN2OS/c1-3-9(2)16-7-6-10(15-16)8-11(17)12-4-5-13(14)18-12/h4-7,9,11,17H,3,8H2,1-2H3. The molecule has 2 aromatic rings. The maximum Gasteiger partial charge on any atom is 0.0938 e. The van der Waals surface area contributed by atoms with Gasteiger partial charge in [-0.3, -0.25) is 4.68 Å². The highest BCUT2D eigenvalue weighted by Gasteiger charge is 2.13. The number of thiophene rings is 1. The second-order valence-electron chi connectivity index (χ2n) is 4.41. The molecular formula is C13H17ClN2OS. The highest BCUT2D eigenvalue weighted by molar-refractivity contribution is 7.16. The summed E-state index contributed by atoms with van der Waals surface area (Å²) in [5.41, 5.74) is 0.910. The highest BCUT2D eigenvalue weighted by Crippen LogP contribution is 2.28. The van der Waals surface area contributed by atoms with Crippen molar-refractivity contribution < 1.29 is 5.11 Å². The summed E-state index contributed by atoms with van der Waals surface area (Å²) in [7, 11) is 0. The Labute approximate surface area is 116 Å². The fraction of sp³-hybridized carbons (Fsp3) is 0.462. The van der Waals surface area contributed by atoms with Crippen molar-refractivity contribution in [1.29, 1.82) is 0 Å². The lowest BCUT2D eigenvalue weighted by atomic mass is 10.2. The molecule has 2 unspecified atom stereocenters. The number of rotatable bonds is 5. The highest BCUT2D eigenvalue weighted by atomic mass is 35.5. The Bertz CT molecular complexity index is 509. The maximum atomic E-state index is 10.1. The minimum absolute atomic E-state index is 0.395. The van der Waals surface area contributed by atoms with E-state index in [0.29, 0.717) is 16.8 Å². The minimum atomic E-state index is -0.525. The molecule has 18 heavy (non-hydrogen) atoms. The lowest BCUT2D eigenvalue weighted by Crippen LogP contribution is -2.06. The van der Waals surface area contributed by atoms with Gasteiger partial charge >= 0.3 is 0 Å². The topological polar surface area (TPSA) is 38.0 Å². The molecule has 0 aliphatic heterocycles. The van der Waals surface area contributed by atoms with Crippen LogP contribution in [0.2, 0.25) is 4.34 Å². The van der Waals surface area contributed by atoms with Crippen molar-refractivity contribution in [2.24, 2.45) is 0 Å². The average molecular weight is 285 g/mol. The van der Waals surface area contributed by atoms with Gasteiger partial charge in [-0.2, -0.15) is 5.10 Å². The first-order chi connectivity index (χ1) is 8.60. The molecule has 0 radical (unpaired) electrons. The second-order valence-corrected chi connectivity index (χ2v) is 6.15. The van der Waals surface area contributed by atoms with Gasteiger partial charge in [-0.05, 0) is 31.5 Å². The van der Waals surface area contributed by atoms with E-state index in [2.05, 4.69) is 18.9 Å². The van der Waals surface area contributed by atoms with E-state index < -0.39 is 6.10 Å². The molecule has 5 heteroatoms. The fourth-order valence-corrected chi connectivity index (χ4v) is 2.77. The van der Waals surface area contributed by atoms with Gasteiger partial charge in [-0.25, -0.2) is 0 Å². The fourth-order valence-electron chi connectivity index (χ4n) is 1.72. The van der Waals surface area contributed by atoms with Crippen LogP contribution in [0.1, 0.15) is 43.0 Å². The molecule has 0 aliphatic rings. The zero-order chi connectivity index (χ0) is 13.1. The first-order valence-electron chi connectivity index (χ1n) is 6.07. The van der Waals surface area contributed by atoms with Gasteiger partial charge in [0.05, 0.1) is 16.1 Å². The molecular weight excluding hydrogens is 268 g/mol. The summed E-state index contributed by atoms with van der Waals surface area (Å²) in [6, 6.07) is 6.03. The van der Waals surface area contributed by atoms with E-state index in [1.165, 1.54) is 11.3 Å². The summed E-state index contributed by atoms with van der Waals surface area (Å²) < 4.78 is 2.65. The van der Waals surface area contributed by atoms with Gasteiger partial charge in [0, 0.05) is 23.5 Å². The van der Waals surface area contributed by atoms with Crippen LogP contribution in [0.25, 0.3) is 0 Å². The summed E-state index contributed by atoms with van der Waals surface area (Å²) >= 11 is 7.27. The Hall–Kier alpha value is -0.840. The van der Waals surface area contributed by atoms with E-state index in [1.807, 2.05) is 29.1 Å². The predicted molar refractivity (Wildman–Crippen MR) is 75.2 cm³/mol. The number of aromatic nitrogens is 2. The number of aliphatic hydroxyl groups excluding tert-OH is 1. The van der Waals surface area contributed by atoms with Gasteiger partial charge < -0.3 is 5.11 Å². The molecule has 0 saturated heterocycles. The zero-order valence-corrected chi connectivity index (χ0v) is 12.1. The summed E-state index contributed by atoms with van der Waals surface area (Å²) in [5.74, 6) is 0. The van der Waals surface area contributed by atoms with Gasteiger partial charge in [0.15, 0.2) is 0 Å². The average Bonchev–Trinajstić information content (AvgIpc) is 2.97. The molecule has 2 atom stereocenters. The van der Waals surface area contributed by atoms with E-state index >= 15 is 0 Å². The quantitative estimate of drug-likeness (QED) is 0.906. The summed E-state index contributed by atoms with van der Waals surface area (Å²) in [6.07, 6.45) is 3.02. The molecule has 2 rings (SSSR count). The largest absolute Gasteiger partial charge is 0.387 e. The number of aliphatic hydroxyl groups is 1. The molecule has 98 valence electrons. The van der Waals surface area contributed by atoms with Gasteiger partial charge in [-0.15, -0.1) is 11.3 Å². The van der Waals surface area contributed by atoms with Crippen LogP contribution in [0.4, 0.5) is 0 Å². The normalized spacial score (nSPS) is 14.7. The molecule has 0 aromatic carbocycles. The Balaban J connectivity index is 2.03. The molecule has 0 aliphatic carbocycles. The van der Waals surface area contributed by atoms with Crippen LogP contribution in [0.15, 0.2) is 24.4 Å². The number of nitrogens with zero attached hydrogens (tertiary/aromatic N) is 2. The summed E-state index contributed by atoms with van der Waals surface area (Å²) in [6.45, 7) is 4.26. The molecule has 0 fully saturated rings. The first-order valence-corrected chi connectivity index (χ1v) is 7.27. The number of halogens is 1. The second kappa shape index (κ2) is 5.87. The van der Waals surface area contributed by atoms with Gasteiger partial charge in [0.25, 0.3) is 0 Å². The monoisotopic (exact) mass is 284 g/mol. The van der Waals surface area contributed by atoms with Crippen molar-refractivity contribution in [3.8, 4) is 0 Å². The molecule has 0 amide bonds. The third-order valence-corrected chi connectivity index (χ3v) is 4.36. The zero-order valence-electron chi connectivity index (χ0n) is 10.5. The van der Waals surface area contributed by atoms with E-state index in [0.717, 1.165) is 17.0 Å². The van der Waals surface area contributed by atoms with E-state index in [4.69, 9.17) is 11.6 Å².